The number of rotatable bonds is 3. The summed E-state index contributed by atoms with van der Waals surface area (Å²) in [6.45, 7) is 5.77. The topological polar surface area (TPSA) is 12.5 Å². The average Bonchev–Trinajstić information content (AvgIpc) is 2.49. The highest BCUT2D eigenvalue weighted by atomic mass is 16.5. The van der Waals surface area contributed by atoms with Crippen molar-refractivity contribution in [3.63, 3.8) is 0 Å². The Bertz CT molecular complexity index is 374. The molecule has 2 heterocycles. The number of piperidine rings is 1. The van der Waals surface area contributed by atoms with Crippen molar-refractivity contribution in [2.24, 2.45) is 5.41 Å². The van der Waals surface area contributed by atoms with Gasteiger partial charge in [-0.3, -0.25) is 0 Å². The van der Waals surface area contributed by atoms with E-state index in [9.17, 15) is 0 Å². The van der Waals surface area contributed by atoms with Crippen LogP contribution in [0.15, 0.2) is 30.3 Å². The highest BCUT2D eigenvalue weighted by molar-refractivity contribution is 5.14. The highest BCUT2D eigenvalue weighted by Gasteiger charge is 2.35. The third kappa shape index (κ3) is 3.37. The van der Waals surface area contributed by atoms with Crippen molar-refractivity contribution in [2.45, 2.75) is 32.1 Å². The van der Waals surface area contributed by atoms with Gasteiger partial charge in [-0.15, -0.1) is 0 Å². The van der Waals surface area contributed by atoms with E-state index < -0.39 is 0 Å². The summed E-state index contributed by atoms with van der Waals surface area (Å²) < 4.78 is 5.52. The third-order valence-electron chi connectivity index (χ3n) is 5.03. The molecule has 0 aromatic heterocycles. The van der Waals surface area contributed by atoms with E-state index in [0.717, 1.165) is 13.2 Å². The van der Waals surface area contributed by atoms with Gasteiger partial charge in [0.15, 0.2) is 0 Å². The van der Waals surface area contributed by atoms with Crippen molar-refractivity contribution in [1.82, 2.24) is 4.90 Å². The summed E-state index contributed by atoms with van der Waals surface area (Å²) in [5, 5.41) is 0. The Morgan fingerprint density at radius 3 is 2.32 bits per heavy atom. The van der Waals surface area contributed by atoms with E-state index >= 15 is 0 Å². The van der Waals surface area contributed by atoms with Gasteiger partial charge in [0.25, 0.3) is 0 Å². The molecule has 2 aliphatic heterocycles. The fourth-order valence-electron chi connectivity index (χ4n) is 3.49. The van der Waals surface area contributed by atoms with Crippen molar-refractivity contribution in [1.29, 1.82) is 0 Å². The molecule has 19 heavy (non-hydrogen) atoms. The summed E-state index contributed by atoms with van der Waals surface area (Å²) in [6, 6.07) is 10.9. The van der Waals surface area contributed by atoms with E-state index in [-0.39, 0.29) is 0 Å². The molecule has 0 atom stereocenters. The van der Waals surface area contributed by atoms with E-state index in [1.54, 1.807) is 0 Å². The number of ether oxygens (including phenoxy) is 1. The number of hydrogen-bond donors (Lipinski definition) is 0. The molecule has 1 aromatic rings. The standard InChI is InChI=1S/C17H25NO/c1-2-4-16(5-3-1)6-11-18-12-7-17(8-13-18)9-14-19-15-10-17/h1-5H,6-15H2. The first-order valence-electron chi connectivity index (χ1n) is 7.70. The number of hydrogen-bond acceptors (Lipinski definition) is 2. The normalized spacial score (nSPS) is 23.6. The minimum absolute atomic E-state index is 0.626. The molecule has 2 nitrogen and oxygen atoms in total. The van der Waals surface area contributed by atoms with Crippen LogP contribution in [0.2, 0.25) is 0 Å². The molecule has 0 radical (unpaired) electrons. The maximum absolute atomic E-state index is 5.52. The molecule has 0 unspecified atom stereocenters. The number of likely N-dealkylation sites (tertiary alicyclic amines) is 1. The maximum atomic E-state index is 5.52. The first kappa shape index (κ1) is 13.1. The highest BCUT2D eigenvalue weighted by Crippen LogP contribution is 2.40. The molecule has 2 fully saturated rings. The zero-order chi connectivity index (χ0) is 13.0. The summed E-state index contributed by atoms with van der Waals surface area (Å²) in [5.74, 6) is 0. The minimum Gasteiger partial charge on any atom is -0.381 e. The molecule has 0 bridgehead atoms. The largest absolute Gasteiger partial charge is 0.381 e. The van der Waals surface area contributed by atoms with Gasteiger partial charge in [-0.2, -0.15) is 0 Å². The predicted molar refractivity (Wildman–Crippen MR) is 78.3 cm³/mol. The maximum Gasteiger partial charge on any atom is 0.0471 e. The van der Waals surface area contributed by atoms with Crippen molar-refractivity contribution < 1.29 is 4.74 Å². The van der Waals surface area contributed by atoms with Crippen molar-refractivity contribution >= 4 is 0 Å². The van der Waals surface area contributed by atoms with Crippen LogP contribution in [0.25, 0.3) is 0 Å². The van der Waals surface area contributed by atoms with Gasteiger partial charge in [0.2, 0.25) is 0 Å². The van der Waals surface area contributed by atoms with Gasteiger partial charge in [0.05, 0.1) is 0 Å². The molecule has 0 amide bonds. The predicted octanol–water partition coefficient (Wildman–Crippen LogP) is 3.12. The molecule has 0 saturated carbocycles. The zero-order valence-corrected chi connectivity index (χ0v) is 11.8. The molecule has 0 N–H and O–H groups in total. The second-order valence-electron chi connectivity index (χ2n) is 6.19. The second kappa shape index (κ2) is 6.06. The Labute approximate surface area is 116 Å². The lowest BCUT2D eigenvalue weighted by Crippen LogP contribution is -2.43. The molecule has 0 aliphatic carbocycles. The van der Waals surface area contributed by atoms with Gasteiger partial charge in [-0.1, -0.05) is 30.3 Å². The average molecular weight is 259 g/mol. The Balaban J connectivity index is 1.45. The smallest absolute Gasteiger partial charge is 0.0471 e. The fourth-order valence-corrected chi connectivity index (χ4v) is 3.49. The van der Waals surface area contributed by atoms with Gasteiger partial charge in [0, 0.05) is 19.8 Å². The monoisotopic (exact) mass is 259 g/mol. The lowest BCUT2D eigenvalue weighted by molar-refractivity contribution is -0.0203. The van der Waals surface area contributed by atoms with Gasteiger partial charge in [-0.25, -0.2) is 0 Å². The number of nitrogens with zero attached hydrogens (tertiary/aromatic N) is 1. The van der Waals surface area contributed by atoms with Crippen molar-refractivity contribution in [3.8, 4) is 0 Å². The van der Waals surface area contributed by atoms with Crippen LogP contribution in [0.4, 0.5) is 0 Å². The van der Waals surface area contributed by atoms with Crippen LogP contribution in [-0.2, 0) is 11.2 Å². The minimum atomic E-state index is 0.626. The Morgan fingerprint density at radius 1 is 0.947 bits per heavy atom. The SMILES string of the molecule is c1ccc(CCN2CCC3(CCOCC3)CC2)cc1. The van der Waals surface area contributed by atoms with Crippen LogP contribution in [0.5, 0.6) is 0 Å². The molecule has 2 saturated heterocycles. The molecule has 1 aromatic carbocycles. The van der Waals surface area contributed by atoms with Crippen molar-refractivity contribution in [2.75, 3.05) is 32.8 Å². The van der Waals surface area contributed by atoms with Gasteiger partial charge in [0.1, 0.15) is 0 Å². The third-order valence-corrected chi connectivity index (χ3v) is 5.03. The van der Waals surface area contributed by atoms with E-state index in [0.29, 0.717) is 5.41 Å². The van der Waals surface area contributed by atoms with Crippen LogP contribution in [0.3, 0.4) is 0 Å². The molecule has 1 spiro atoms. The lowest BCUT2D eigenvalue weighted by Gasteiger charge is -2.44. The second-order valence-corrected chi connectivity index (χ2v) is 6.19. The molecule has 104 valence electrons. The first-order chi connectivity index (χ1) is 9.36. The van der Waals surface area contributed by atoms with Gasteiger partial charge >= 0.3 is 0 Å². The van der Waals surface area contributed by atoms with Crippen LogP contribution in [0.1, 0.15) is 31.2 Å². The summed E-state index contributed by atoms with van der Waals surface area (Å²) in [7, 11) is 0. The van der Waals surface area contributed by atoms with Crippen LogP contribution in [-0.4, -0.2) is 37.7 Å². The Kier molecular flexibility index (Phi) is 4.19. The van der Waals surface area contributed by atoms with Gasteiger partial charge < -0.3 is 9.64 Å². The van der Waals surface area contributed by atoms with Crippen LogP contribution < -0.4 is 0 Å². The van der Waals surface area contributed by atoms with E-state index in [4.69, 9.17) is 4.74 Å². The van der Waals surface area contributed by atoms with E-state index in [1.807, 2.05) is 0 Å². The summed E-state index contributed by atoms with van der Waals surface area (Å²) >= 11 is 0. The van der Waals surface area contributed by atoms with E-state index in [2.05, 4.69) is 35.2 Å². The Morgan fingerprint density at radius 2 is 1.63 bits per heavy atom. The van der Waals surface area contributed by atoms with Crippen LogP contribution in [0, 0.1) is 5.41 Å². The number of benzene rings is 1. The quantitative estimate of drug-likeness (QED) is 0.827. The van der Waals surface area contributed by atoms with E-state index in [1.165, 1.54) is 57.3 Å². The molecule has 2 aliphatic rings. The summed E-state index contributed by atoms with van der Waals surface area (Å²) in [5.41, 5.74) is 2.09. The van der Waals surface area contributed by atoms with Crippen molar-refractivity contribution in [3.05, 3.63) is 35.9 Å². The molecule has 2 heteroatoms. The summed E-state index contributed by atoms with van der Waals surface area (Å²) in [4.78, 5) is 2.65. The molecular weight excluding hydrogens is 234 g/mol. The first-order valence-corrected chi connectivity index (χ1v) is 7.70. The Hall–Kier alpha value is -0.860. The molecular formula is C17H25NO. The lowest BCUT2D eigenvalue weighted by atomic mass is 9.72. The fraction of sp³-hybridized carbons (Fsp3) is 0.647. The van der Waals surface area contributed by atoms with Crippen LogP contribution >= 0.6 is 0 Å². The van der Waals surface area contributed by atoms with Gasteiger partial charge in [-0.05, 0) is 56.2 Å². The molecule has 3 rings (SSSR count). The summed E-state index contributed by atoms with van der Waals surface area (Å²) in [6.07, 6.45) is 6.53. The zero-order valence-electron chi connectivity index (χ0n) is 11.8.